The number of aliphatic hydroxyl groups excluding tert-OH is 9. The fourth-order valence-electron chi connectivity index (χ4n) is 8.04. The van der Waals surface area contributed by atoms with Crippen LogP contribution in [-0.2, 0) is 28.5 Å². The number of nitrogens with two attached hydrogens (primary N) is 1. The average molecular weight is 935 g/mol. The quantitative estimate of drug-likeness (QED) is 0.168. The molecule has 3 fully saturated rings. The number of hydrogen-bond acceptors (Lipinski definition) is 17. The number of nitrogens with one attached hydrogen (secondary N) is 1. The van der Waals surface area contributed by atoms with Gasteiger partial charge in [0.25, 0.3) is 0 Å². The minimum atomic E-state index is -2.23. The molecule has 17 atom stereocenters. The van der Waals surface area contributed by atoms with Gasteiger partial charge in [-0.3, -0.25) is 9.59 Å². The van der Waals surface area contributed by atoms with Crippen molar-refractivity contribution in [3.05, 3.63) is 85.1 Å². The molecule has 372 valence electrons. The number of fused-ring (bicyclic) bond motifs is 2. The Kier molecular flexibility index (Phi) is 23.0. The topological polar surface area (TPSA) is 311 Å². The molecule has 0 radical (unpaired) electrons. The summed E-state index contributed by atoms with van der Waals surface area (Å²) >= 11 is 0. The summed E-state index contributed by atoms with van der Waals surface area (Å²) < 4.78 is 23.3. The Bertz CT molecular complexity index is 1700. The summed E-state index contributed by atoms with van der Waals surface area (Å²) in [6, 6.07) is -1.17. The van der Waals surface area contributed by atoms with Crippen LogP contribution in [-0.4, -0.2) is 167 Å². The first-order valence-electron chi connectivity index (χ1n) is 23.1. The zero-order valence-corrected chi connectivity index (χ0v) is 37.9. The molecule has 0 aromatic rings. The lowest BCUT2D eigenvalue weighted by Crippen LogP contribution is -2.59. The molecule has 2 bridgehead atoms. The van der Waals surface area contributed by atoms with Gasteiger partial charge in [0, 0.05) is 44.1 Å². The summed E-state index contributed by atoms with van der Waals surface area (Å²) in [6.07, 6.45) is 7.93. The predicted molar refractivity (Wildman–Crippen MR) is 241 cm³/mol. The van der Waals surface area contributed by atoms with Gasteiger partial charge in [-0.05, 0) is 39.0 Å². The van der Waals surface area contributed by atoms with E-state index in [4.69, 9.17) is 24.7 Å². The van der Waals surface area contributed by atoms with Crippen LogP contribution in [0.25, 0.3) is 0 Å². The van der Waals surface area contributed by atoms with Crippen LogP contribution in [0.2, 0.25) is 0 Å². The van der Waals surface area contributed by atoms with Crippen LogP contribution in [0.4, 0.5) is 0 Å². The van der Waals surface area contributed by atoms with Gasteiger partial charge >= 0.3 is 5.97 Å². The van der Waals surface area contributed by atoms with Crippen molar-refractivity contribution in [2.75, 3.05) is 6.61 Å². The van der Waals surface area contributed by atoms with Gasteiger partial charge in [0.15, 0.2) is 12.1 Å². The predicted octanol–water partition coefficient (Wildman–Crippen LogP) is 0.271. The second-order valence-corrected chi connectivity index (χ2v) is 18.1. The second kappa shape index (κ2) is 27.5. The Balaban J connectivity index is 1.55. The van der Waals surface area contributed by atoms with Crippen molar-refractivity contribution >= 4 is 11.9 Å². The van der Waals surface area contributed by atoms with E-state index >= 15 is 0 Å². The van der Waals surface area contributed by atoms with Crippen molar-refractivity contribution < 1.29 is 79.6 Å². The average Bonchev–Trinajstić information content (AvgIpc) is 4.05. The van der Waals surface area contributed by atoms with E-state index < -0.39 is 135 Å². The zero-order chi connectivity index (χ0) is 48.4. The largest absolute Gasteiger partial charge is 0.462 e. The minimum absolute atomic E-state index is 0.0807. The minimum Gasteiger partial charge on any atom is -0.462 e. The molecule has 0 aromatic carbocycles. The van der Waals surface area contributed by atoms with Crippen molar-refractivity contribution in [1.82, 2.24) is 5.32 Å². The first-order valence-corrected chi connectivity index (χ1v) is 23.1. The van der Waals surface area contributed by atoms with Crippen molar-refractivity contribution in [2.45, 2.75) is 182 Å². The molecule has 3 heterocycles. The lowest BCUT2D eigenvalue weighted by atomic mass is 9.82. The number of ether oxygens (including phenoxy) is 4. The van der Waals surface area contributed by atoms with Crippen molar-refractivity contribution in [3.63, 3.8) is 0 Å². The molecule has 1 amide bonds. The molecule has 4 rings (SSSR count). The number of hydrogen-bond donors (Lipinski definition) is 12. The van der Waals surface area contributed by atoms with Crippen LogP contribution >= 0.6 is 0 Å². The molecule has 18 nitrogen and oxygen atoms in total. The highest BCUT2D eigenvalue weighted by molar-refractivity contribution is 5.80. The molecular weight excluding hydrogens is 861 g/mol. The fourth-order valence-corrected chi connectivity index (χ4v) is 8.04. The number of allylic oxidation sites excluding steroid dienone is 12. The van der Waals surface area contributed by atoms with Crippen LogP contribution in [0, 0.1) is 11.8 Å². The van der Waals surface area contributed by atoms with Crippen molar-refractivity contribution in [2.24, 2.45) is 17.6 Å². The van der Waals surface area contributed by atoms with Gasteiger partial charge in [-0.15, -0.1) is 0 Å². The molecule has 1 aliphatic carbocycles. The molecule has 0 aromatic heterocycles. The summed E-state index contributed by atoms with van der Waals surface area (Å²) in [6.45, 7) is 3.23. The molecule has 13 N–H and O–H groups in total. The summed E-state index contributed by atoms with van der Waals surface area (Å²) in [4.78, 5) is 26.1. The van der Waals surface area contributed by atoms with Gasteiger partial charge < -0.3 is 81.1 Å². The summed E-state index contributed by atoms with van der Waals surface area (Å²) in [5, 5.41) is 111. The van der Waals surface area contributed by atoms with E-state index in [2.05, 4.69) is 5.32 Å². The number of esters is 1. The number of amides is 1. The second-order valence-electron chi connectivity index (χ2n) is 18.1. The lowest BCUT2D eigenvalue weighted by molar-refractivity contribution is -0.304. The van der Waals surface area contributed by atoms with E-state index in [1.807, 2.05) is 49.5 Å². The highest BCUT2D eigenvalue weighted by Gasteiger charge is 2.51. The number of aliphatic hydroxyl groups is 10. The normalized spacial score (nSPS) is 43.8. The molecule has 6 unspecified atom stereocenters. The molecular formula is C48H74N2O16. The van der Waals surface area contributed by atoms with E-state index in [0.29, 0.717) is 0 Å². The van der Waals surface area contributed by atoms with Gasteiger partial charge in [0.05, 0.1) is 86.0 Å². The molecule has 0 spiro atoms. The van der Waals surface area contributed by atoms with Crippen LogP contribution in [0.1, 0.15) is 84.5 Å². The third-order valence-corrected chi connectivity index (χ3v) is 12.0. The van der Waals surface area contributed by atoms with Crippen molar-refractivity contribution in [1.29, 1.82) is 0 Å². The third kappa shape index (κ3) is 19.3. The van der Waals surface area contributed by atoms with Gasteiger partial charge in [-0.1, -0.05) is 92.0 Å². The Morgan fingerprint density at radius 2 is 1.29 bits per heavy atom. The Labute approximate surface area is 387 Å². The SMILES string of the molecule is C[C@H]1C[C@H](O)[C@@H](C)/C=C/C=C/C=C/C=C/C=C/C=C/C=C/C(O[C@@H]2OC[C@@H](O)[C@H](N)[C@@H]2O)C[C@@H]2OC(O)(CC(O)CC(O)C(O)CCC(O)C[C@@H](O)CC(=O)O1)C[C@H](O)[C@H]2C(=O)NC1CC1. The molecule has 1 saturated carbocycles. The smallest absolute Gasteiger partial charge is 0.308 e. The van der Waals surface area contributed by atoms with Crippen LogP contribution in [0.3, 0.4) is 0 Å². The monoisotopic (exact) mass is 935 g/mol. The first kappa shape index (κ1) is 55.2. The van der Waals surface area contributed by atoms with Gasteiger partial charge in [0.1, 0.15) is 12.2 Å². The number of carbonyl (C=O) groups is 2. The molecule has 4 aliphatic rings. The Morgan fingerprint density at radius 3 is 1.91 bits per heavy atom. The number of carbonyl (C=O) groups excluding carboxylic acids is 2. The molecule has 3 aliphatic heterocycles. The third-order valence-electron chi connectivity index (χ3n) is 12.0. The zero-order valence-electron chi connectivity index (χ0n) is 37.9. The van der Waals surface area contributed by atoms with Crippen molar-refractivity contribution in [3.8, 4) is 0 Å². The van der Waals surface area contributed by atoms with E-state index in [0.717, 1.165) is 12.8 Å². The first-order chi connectivity index (χ1) is 31.3. The van der Waals surface area contributed by atoms with Gasteiger partial charge in [-0.25, -0.2) is 0 Å². The number of rotatable bonds is 4. The summed E-state index contributed by atoms with van der Waals surface area (Å²) in [7, 11) is 0. The highest BCUT2D eigenvalue weighted by atomic mass is 16.7. The highest BCUT2D eigenvalue weighted by Crippen LogP contribution is 2.38. The van der Waals surface area contributed by atoms with E-state index in [1.165, 1.54) is 0 Å². The van der Waals surface area contributed by atoms with E-state index in [1.54, 1.807) is 49.5 Å². The maximum absolute atomic E-state index is 13.6. The summed E-state index contributed by atoms with van der Waals surface area (Å²) in [5.74, 6) is -4.92. The Morgan fingerprint density at radius 1 is 0.682 bits per heavy atom. The van der Waals surface area contributed by atoms with Crippen LogP contribution < -0.4 is 11.1 Å². The fraction of sp³-hybridized carbons (Fsp3) is 0.667. The molecule has 66 heavy (non-hydrogen) atoms. The van der Waals surface area contributed by atoms with E-state index in [9.17, 15) is 60.7 Å². The van der Waals surface area contributed by atoms with Crippen LogP contribution in [0.5, 0.6) is 0 Å². The number of cyclic esters (lactones) is 1. The maximum Gasteiger partial charge on any atom is 0.308 e. The standard InChI is InChI=1S/C48H74N2O16/c1-29-15-13-11-9-7-5-3-4-6-8-10-12-14-16-35(65-47-45(60)44(49)40(58)28-63-47)25-41-43(46(61)50-31-17-18-31)39(57)27-48(62,66-41)26-34(53)23-38(56)36(54)20-19-32(51)22-33(52)24-42(59)64-30(2)21-37(29)55/h3-16,29-41,43-45,47,51-58,60,62H,17-28,49H2,1-2H3,(H,50,61)/b4-3+,7-5+,8-6+,11-9+,12-10+,15-13+,16-14+/t29-,30-,32?,33+,34?,35?,36?,37-,38?,39-,40+,41-,43+,44-,45-,47-,48?/m0/s1. The van der Waals surface area contributed by atoms with E-state index in [-0.39, 0.29) is 50.7 Å². The maximum atomic E-state index is 13.6. The summed E-state index contributed by atoms with van der Waals surface area (Å²) in [5.41, 5.74) is 6.00. The van der Waals surface area contributed by atoms with Gasteiger partial charge in [0.2, 0.25) is 5.91 Å². The molecule has 2 saturated heterocycles. The van der Waals surface area contributed by atoms with Gasteiger partial charge in [-0.2, -0.15) is 0 Å². The Hall–Kier alpha value is -3.44. The lowest BCUT2D eigenvalue weighted by Gasteiger charge is -2.45. The van der Waals surface area contributed by atoms with Crippen LogP contribution in [0.15, 0.2) is 85.1 Å². The molecule has 18 heteroatoms.